The second kappa shape index (κ2) is 7.83. The van der Waals surface area contributed by atoms with Gasteiger partial charge in [0.15, 0.2) is 0 Å². The van der Waals surface area contributed by atoms with Gasteiger partial charge >= 0.3 is 0 Å². The molecule has 1 aromatic heterocycles. The lowest BCUT2D eigenvalue weighted by Gasteiger charge is -2.41. The summed E-state index contributed by atoms with van der Waals surface area (Å²) in [5, 5.41) is 9.02. The van der Waals surface area contributed by atoms with Crippen molar-refractivity contribution < 1.29 is 4.79 Å². The number of piperidine rings is 1. The number of amides is 1. The van der Waals surface area contributed by atoms with Crippen LogP contribution in [0.5, 0.6) is 0 Å². The van der Waals surface area contributed by atoms with Crippen LogP contribution in [0, 0.1) is 11.3 Å². The van der Waals surface area contributed by atoms with E-state index in [1.807, 2.05) is 6.07 Å². The molecule has 2 atom stereocenters. The molecule has 0 spiro atoms. The van der Waals surface area contributed by atoms with Gasteiger partial charge < -0.3 is 9.80 Å². The lowest BCUT2D eigenvalue weighted by atomic mass is 9.97. The fraction of sp³-hybridized carbons (Fsp3) is 0.632. The van der Waals surface area contributed by atoms with E-state index in [9.17, 15) is 4.79 Å². The van der Waals surface area contributed by atoms with E-state index in [2.05, 4.69) is 39.6 Å². The zero-order valence-corrected chi connectivity index (χ0v) is 15.2. The molecule has 2 fully saturated rings. The molecule has 0 radical (unpaired) electrons. The summed E-state index contributed by atoms with van der Waals surface area (Å²) in [6.07, 6.45) is 5.14. The molecule has 1 amide bonds. The van der Waals surface area contributed by atoms with Crippen molar-refractivity contribution >= 4 is 11.7 Å². The predicted molar refractivity (Wildman–Crippen MR) is 97.2 cm³/mol. The van der Waals surface area contributed by atoms with Crippen LogP contribution in [0.3, 0.4) is 0 Å². The van der Waals surface area contributed by atoms with E-state index in [0.29, 0.717) is 24.2 Å². The highest BCUT2D eigenvalue weighted by atomic mass is 16.2. The highest BCUT2D eigenvalue weighted by Crippen LogP contribution is 2.23. The van der Waals surface area contributed by atoms with Gasteiger partial charge in [0, 0.05) is 44.5 Å². The molecule has 134 valence electrons. The third-order valence-electron chi connectivity index (χ3n) is 5.41. The fourth-order valence-corrected chi connectivity index (χ4v) is 3.98. The van der Waals surface area contributed by atoms with E-state index in [1.54, 1.807) is 12.3 Å². The average molecular weight is 341 g/mol. The van der Waals surface area contributed by atoms with Gasteiger partial charge in [-0.3, -0.25) is 9.69 Å². The fourth-order valence-electron chi connectivity index (χ4n) is 3.98. The Kier molecular flexibility index (Phi) is 5.54. The molecule has 25 heavy (non-hydrogen) atoms. The molecule has 0 aromatic carbocycles. The molecule has 3 heterocycles. The Labute approximate surface area is 150 Å². The minimum atomic E-state index is 0.262. The number of likely N-dealkylation sites (tertiary alicyclic amines) is 1. The number of rotatable bonds is 3. The van der Waals surface area contributed by atoms with Crippen molar-refractivity contribution in [2.75, 3.05) is 37.6 Å². The molecule has 0 aliphatic carbocycles. The largest absolute Gasteiger partial charge is 0.354 e. The van der Waals surface area contributed by atoms with Gasteiger partial charge in [-0.2, -0.15) is 5.26 Å². The number of hydrogen-bond acceptors (Lipinski definition) is 5. The maximum atomic E-state index is 12.7. The molecule has 6 heteroatoms. The predicted octanol–water partition coefficient (Wildman–Crippen LogP) is 1.86. The highest BCUT2D eigenvalue weighted by Gasteiger charge is 2.30. The first-order valence-corrected chi connectivity index (χ1v) is 9.23. The van der Waals surface area contributed by atoms with Crippen LogP contribution in [0.1, 0.15) is 38.7 Å². The van der Waals surface area contributed by atoms with Crippen molar-refractivity contribution in [2.24, 2.45) is 0 Å². The summed E-state index contributed by atoms with van der Waals surface area (Å²) in [7, 11) is 0. The van der Waals surface area contributed by atoms with Gasteiger partial charge in [-0.05, 0) is 45.2 Å². The van der Waals surface area contributed by atoms with Crippen molar-refractivity contribution in [1.29, 1.82) is 5.26 Å². The first kappa shape index (κ1) is 17.7. The Hall–Kier alpha value is -2.13. The summed E-state index contributed by atoms with van der Waals surface area (Å²) < 4.78 is 0. The minimum Gasteiger partial charge on any atom is -0.354 e. The standard InChI is InChI=1S/C19H27N5O/c1-15-4-3-5-16(2)24(15)19(25)14-22-8-10-23(11-9-22)18-12-17(13-20)6-7-21-18/h6-7,12,15-16H,3-5,8-11,14H2,1-2H3. The van der Waals surface area contributed by atoms with E-state index in [1.165, 1.54) is 6.42 Å². The summed E-state index contributed by atoms with van der Waals surface area (Å²) in [6.45, 7) is 8.20. The van der Waals surface area contributed by atoms with Crippen molar-refractivity contribution in [3.63, 3.8) is 0 Å². The molecular weight excluding hydrogens is 314 g/mol. The number of pyridine rings is 1. The number of carbonyl (C=O) groups is 1. The molecule has 2 unspecified atom stereocenters. The van der Waals surface area contributed by atoms with Crippen molar-refractivity contribution in [3.05, 3.63) is 23.9 Å². The topological polar surface area (TPSA) is 63.5 Å². The maximum absolute atomic E-state index is 12.7. The first-order chi connectivity index (χ1) is 12.1. The SMILES string of the molecule is CC1CCCC(C)N1C(=O)CN1CCN(c2cc(C#N)ccn2)CC1. The second-order valence-corrected chi connectivity index (χ2v) is 7.21. The smallest absolute Gasteiger partial charge is 0.237 e. The zero-order chi connectivity index (χ0) is 17.8. The number of nitrogens with zero attached hydrogens (tertiary/aromatic N) is 5. The van der Waals surface area contributed by atoms with Crippen LogP contribution in [-0.2, 0) is 4.79 Å². The van der Waals surface area contributed by atoms with Crippen LogP contribution in [0.15, 0.2) is 18.3 Å². The number of aromatic nitrogens is 1. The summed E-state index contributed by atoms with van der Waals surface area (Å²) in [6, 6.07) is 6.43. The van der Waals surface area contributed by atoms with E-state index in [0.717, 1.165) is 44.8 Å². The van der Waals surface area contributed by atoms with Crippen LogP contribution in [0.2, 0.25) is 0 Å². The summed E-state index contributed by atoms with van der Waals surface area (Å²) >= 11 is 0. The third-order valence-corrected chi connectivity index (χ3v) is 5.41. The molecule has 2 aliphatic rings. The van der Waals surface area contributed by atoms with Crippen molar-refractivity contribution in [3.8, 4) is 6.07 Å². The molecule has 2 saturated heterocycles. The van der Waals surface area contributed by atoms with E-state index in [4.69, 9.17) is 5.26 Å². The summed E-state index contributed by atoms with van der Waals surface area (Å²) in [4.78, 5) is 23.6. The second-order valence-electron chi connectivity index (χ2n) is 7.21. The number of hydrogen-bond donors (Lipinski definition) is 0. The number of carbonyl (C=O) groups excluding carboxylic acids is 1. The van der Waals surface area contributed by atoms with Crippen LogP contribution in [-0.4, -0.2) is 65.5 Å². The normalized spacial score (nSPS) is 24.8. The summed E-state index contributed by atoms with van der Waals surface area (Å²) in [5.74, 6) is 1.11. The molecule has 0 bridgehead atoms. The molecular formula is C19H27N5O. The molecule has 0 saturated carbocycles. The third kappa shape index (κ3) is 4.10. The van der Waals surface area contributed by atoms with Gasteiger partial charge in [0.25, 0.3) is 0 Å². The Balaban J connectivity index is 1.54. The molecule has 3 rings (SSSR count). The van der Waals surface area contributed by atoms with Crippen LogP contribution >= 0.6 is 0 Å². The monoisotopic (exact) mass is 341 g/mol. The van der Waals surface area contributed by atoms with E-state index in [-0.39, 0.29) is 5.91 Å². The molecule has 0 N–H and O–H groups in total. The van der Waals surface area contributed by atoms with E-state index >= 15 is 0 Å². The van der Waals surface area contributed by atoms with Gasteiger partial charge in [-0.25, -0.2) is 4.98 Å². The number of anilines is 1. The van der Waals surface area contributed by atoms with Crippen molar-refractivity contribution in [2.45, 2.75) is 45.2 Å². The van der Waals surface area contributed by atoms with Gasteiger partial charge in [0.2, 0.25) is 5.91 Å². The minimum absolute atomic E-state index is 0.262. The van der Waals surface area contributed by atoms with Gasteiger partial charge in [-0.15, -0.1) is 0 Å². The van der Waals surface area contributed by atoms with Gasteiger partial charge in [0.05, 0.1) is 18.2 Å². The maximum Gasteiger partial charge on any atom is 0.237 e. The molecule has 2 aliphatic heterocycles. The molecule has 1 aromatic rings. The van der Waals surface area contributed by atoms with Crippen LogP contribution in [0.4, 0.5) is 5.82 Å². The lowest BCUT2D eigenvalue weighted by molar-refractivity contribution is -0.138. The van der Waals surface area contributed by atoms with Crippen LogP contribution < -0.4 is 4.90 Å². The Morgan fingerprint density at radius 1 is 1.24 bits per heavy atom. The molecule has 6 nitrogen and oxygen atoms in total. The average Bonchev–Trinajstić information content (AvgIpc) is 2.62. The Bertz CT molecular complexity index is 637. The van der Waals surface area contributed by atoms with Crippen molar-refractivity contribution in [1.82, 2.24) is 14.8 Å². The highest BCUT2D eigenvalue weighted by molar-refractivity contribution is 5.79. The Morgan fingerprint density at radius 3 is 2.56 bits per heavy atom. The van der Waals surface area contributed by atoms with Gasteiger partial charge in [0.1, 0.15) is 5.82 Å². The van der Waals surface area contributed by atoms with Gasteiger partial charge in [-0.1, -0.05) is 0 Å². The first-order valence-electron chi connectivity index (χ1n) is 9.23. The Morgan fingerprint density at radius 2 is 1.92 bits per heavy atom. The van der Waals surface area contributed by atoms with E-state index < -0.39 is 0 Å². The zero-order valence-electron chi connectivity index (χ0n) is 15.2. The lowest BCUT2D eigenvalue weighted by Crippen LogP contribution is -2.54. The number of nitriles is 1. The van der Waals surface area contributed by atoms with Crippen LogP contribution in [0.25, 0.3) is 0 Å². The summed E-state index contributed by atoms with van der Waals surface area (Å²) in [5.41, 5.74) is 0.635. The quantitative estimate of drug-likeness (QED) is 0.840. The number of piperazine rings is 1.